The quantitative estimate of drug-likeness (QED) is 0.723. The van der Waals surface area contributed by atoms with Crippen LogP contribution in [0.2, 0.25) is 5.15 Å². The van der Waals surface area contributed by atoms with Crippen LogP contribution in [0.15, 0.2) is 54.6 Å². The summed E-state index contributed by atoms with van der Waals surface area (Å²) in [4.78, 5) is 15.4. The Labute approximate surface area is 132 Å². The number of hydrogen-bond acceptors (Lipinski definition) is 3. The molecule has 3 rings (SSSR count). The minimum absolute atomic E-state index is 0.428. The van der Waals surface area contributed by atoms with Gasteiger partial charge in [-0.05, 0) is 29.1 Å². The first kappa shape index (κ1) is 14.4. The Bertz CT molecular complexity index is 831. The molecule has 0 bridgehead atoms. The molecule has 1 heterocycles. The summed E-state index contributed by atoms with van der Waals surface area (Å²) in [6.45, 7) is 0.584. The van der Waals surface area contributed by atoms with Crippen molar-refractivity contribution in [2.45, 2.75) is 6.54 Å². The number of carbonyl (C=O) groups is 1. The molecule has 0 unspecified atom stereocenters. The molecule has 2 aromatic carbocycles. The Morgan fingerprint density at radius 1 is 1.14 bits per heavy atom. The summed E-state index contributed by atoms with van der Waals surface area (Å²) in [5.41, 5.74) is 6.74. The molecule has 0 fully saturated rings. The first-order valence-corrected chi connectivity index (χ1v) is 7.19. The SMILES string of the molecule is NC(=O)c1ccc(CNc2cc3ccccc3c(Cl)n2)cc1. The number of nitrogens with one attached hydrogen (secondary N) is 1. The lowest BCUT2D eigenvalue weighted by Gasteiger charge is -2.08. The van der Waals surface area contributed by atoms with Crippen molar-refractivity contribution in [2.24, 2.45) is 5.73 Å². The smallest absolute Gasteiger partial charge is 0.248 e. The zero-order valence-electron chi connectivity index (χ0n) is 11.7. The molecule has 0 radical (unpaired) electrons. The predicted octanol–water partition coefficient (Wildman–Crippen LogP) is 3.60. The van der Waals surface area contributed by atoms with Crippen LogP contribution in [0.1, 0.15) is 15.9 Å². The Morgan fingerprint density at radius 2 is 1.86 bits per heavy atom. The number of fused-ring (bicyclic) bond motifs is 1. The van der Waals surface area contributed by atoms with E-state index in [2.05, 4.69) is 10.3 Å². The van der Waals surface area contributed by atoms with Gasteiger partial charge in [0.2, 0.25) is 5.91 Å². The molecule has 1 aromatic heterocycles. The fraction of sp³-hybridized carbons (Fsp3) is 0.0588. The number of benzene rings is 2. The molecule has 1 amide bonds. The number of pyridine rings is 1. The molecule has 5 heteroatoms. The van der Waals surface area contributed by atoms with Gasteiger partial charge in [0.15, 0.2) is 0 Å². The second-order valence-electron chi connectivity index (χ2n) is 4.93. The van der Waals surface area contributed by atoms with Gasteiger partial charge in [0, 0.05) is 17.5 Å². The fourth-order valence-electron chi connectivity index (χ4n) is 2.23. The molecule has 0 aliphatic heterocycles. The van der Waals surface area contributed by atoms with Crippen molar-refractivity contribution >= 4 is 34.1 Å². The Kier molecular flexibility index (Phi) is 3.94. The van der Waals surface area contributed by atoms with E-state index < -0.39 is 5.91 Å². The first-order valence-electron chi connectivity index (χ1n) is 6.81. The molecule has 0 spiro atoms. The van der Waals surface area contributed by atoms with E-state index in [1.54, 1.807) is 12.1 Å². The lowest BCUT2D eigenvalue weighted by Crippen LogP contribution is -2.10. The minimum atomic E-state index is -0.428. The minimum Gasteiger partial charge on any atom is -0.366 e. The van der Waals surface area contributed by atoms with Crippen molar-refractivity contribution in [3.8, 4) is 0 Å². The number of anilines is 1. The monoisotopic (exact) mass is 311 g/mol. The van der Waals surface area contributed by atoms with E-state index in [9.17, 15) is 4.79 Å². The van der Waals surface area contributed by atoms with Gasteiger partial charge in [-0.2, -0.15) is 0 Å². The topological polar surface area (TPSA) is 68.0 Å². The zero-order valence-corrected chi connectivity index (χ0v) is 12.5. The van der Waals surface area contributed by atoms with Gasteiger partial charge in [-0.3, -0.25) is 4.79 Å². The zero-order chi connectivity index (χ0) is 15.5. The summed E-state index contributed by atoms with van der Waals surface area (Å²) in [5, 5.41) is 5.67. The molecule has 4 nitrogen and oxygen atoms in total. The summed E-state index contributed by atoms with van der Waals surface area (Å²) >= 11 is 6.20. The lowest BCUT2D eigenvalue weighted by molar-refractivity contribution is 0.100. The third kappa shape index (κ3) is 3.02. The molecule has 0 atom stereocenters. The van der Waals surface area contributed by atoms with Gasteiger partial charge < -0.3 is 11.1 Å². The van der Waals surface area contributed by atoms with Crippen LogP contribution in [0, 0.1) is 0 Å². The normalized spacial score (nSPS) is 10.6. The van der Waals surface area contributed by atoms with Gasteiger partial charge in [-0.1, -0.05) is 48.0 Å². The number of nitrogens with two attached hydrogens (primary N) is 1. The number of amides is 1. The second-order valence-corrected chi connectivity index (χ2v) is 5.29. The van der Waals surface area contributed by atoms with Gasteiger partial charge in [0.1, 0.15) is 11.0 Å². The van der Waals surface area contributed by atoms with Crippen molar-refractivity contribution in [2.75, 3.05) is 5.32 Å². The summed E-state index contributed by atoms with van der Waals surface area (Å²) in [7, 11) is 0. The van der Waals surface area contributed by atoms with Crippen molar-refractivity contribution in [3.63, 3.8) is 0 Å². The van der Waals surface area contributed by atoms with Crippen LogP contribution in [0.25, 0.3) is 10.8 Å². The summed E-state index contributed by atoms with van der Waals surface area (Å²) in [6.07, 6.45) is 0. The highest BCUT2D eigenvalue weighted by Crippen LogP contribution is 2.24. The van der Waals surface area contributed by atoms with E-state index in [0.717, 1.165) is 16.3 Å². The summed E-state index contributed by atoms with van der Waals surface area (Å²) < 4.78 is 0. The van der Waals surface area contributed by atoms with Crippen molar-refractivity contribution in [1.29, 1.82) is 0 Å². The Balaban J connectivity index is 1.77. The third-order valence-electron chi connectivity index (χ3n) is 3.41. The maximum absolute atomic E-state index is 11.0. The molecule has 0 aliphatic rings. The molecule has 3 N–H and O–H groups in total. The molecular weight excluding hydrogens is 298 g/mol. The summed E-state index contributed by atoms with van der Waals surface area (Å²) in [5.74, 6) is 0.283. The molecule has 3 aromatic rings. The van der Waals surface area contributed by atoms with Crippen LogP contribution >= 0.6 is 11.6 Å². The Morgan fingerprint density at radius 3 is 2.59 bits per heavy atom. The third-order valence-corrected chi connectivity index (χ3v) is 3.69. The van der Waals surface area contributed by atoms with Gasteiger partial charge in [0.05, 0.1) is 0 Å². The molecular formula is C17H14ClN3O. The van der Waals surface area contributed by atoms with Gasteiger partial charge >= 0.3 is 0 Å². The van der Waals surface area contributed by atoms with Gasteiger partial charge in [-0.25, -0.2) is 4.98 Å². The standard InChI is InChI=1S/C17H14ClN3O/c18-16-14-4-2-1-3-13(14)9-15(21-16)20-10-11-5-7-12(8-6-11)17(19)22/h1-9H,10H2,(H2,19,22)(H,20,21). The van der Waals surface area contributed by atoms with E-state index in [0.29, 0.717) is 23.1 Å². The number of carbonyl (C=O) groups excluding carboxylic acids is 1. The fourth-order valence-corrected chi connectivity index (χ4v) is 2.49. The second kappa shape index (κ2) is 6.03. The number of nitrogens with zero attached hydrogens (tertiary/aromatic N) is 1. The molecule has 0 saturated heterocycles. The lowest BCUT2D eigenvalue weighted by atomic mass is 10.1. The average molecular weight is 312 g/mol. The molecule has 0 aliphatic carbocycles. The predicted molar refractivity (Wildman–Crippen MR) is 89.0 cm³/mol. The largest absolute Gasteiger partial charge is 0.366 e. The van der Waals surface area contributed by atoms with E-state index in [1.165, 1.54) is 0 Å². The van der Waals surface area contributed by atoms with Crippen molar-refractivity contribution in [3.05, 3.63) is 70.9 Å². The van der Waals surface area contributed by atoms with Gasteiger partial charge in [0.25, 0.3) is 0 Å². The van der Waals surface area contributed by atoms with Crippen molar-refractivity contribution < 1.29 is 4.79 Å². The van der Waals surface area contributed by atoms with Crippen LogP contribution in [0.3, 0.4) is 0 Å². The van der Waals surface area contributed by atoms with Crippen molar-refractivity contribution in [1.82, 2.24) is 4.98 Å². The average Bonchev–Trinajstić information content (AvgIpc) is 2.53. The van der Waals surface area contributed by atoms with Crippen LogP contribution in [-0.2, 0) is 6.54 Å². The van der Waals surface area contributed by atoms with E-state index >= 15 is 0 Å². The number of hydrogen-bond donors (Lipinski definition) is 2. The maximum Gasteiger partial charge on any atom is 0.248 e. The Hall–Kier alpha value is -2.59. The number of halogens is 1. The maximum atomic E-state index is 11.0. The highest BCUT2D eigenvalue weighted by atomic mass is 35.5. The number of rotatable bonds is 4. The van der Waals surface area contributed by atoms with Gasteiger partial charge in [-0.15, -0.1) is 0 Å². The van der Waals surface area contributed by atoms with E-state index in [1.807, 2.05) is 42.5 Å². The van der Waals surface area contributed by atoms with E-state index in [-0.39, 0.29) is 0 Å². The highest BCUT2D eigenvalue weighted by molar-refractivity contribution is 6.34. The number of primary amides is 1. The highest BCUT2D eigenvalue weighted by Gasteiger charge is 2.04. The molecule has 0 saturated carbocycles. The van der Waals surface area contributed by atoms with Crippen LogP contribution in [-0.4, -0.2) is 10.9 Å². The van der Waals surface area contributed by atoms with E-state index in [4.69, 9.17) is 17.3 Å². The molecule has 110 valence electrons. The molecule has 22 heavy (non-hydrogen) atoms. The van der Waals surface area contributed by atoms with Crippen LogP contribution in [0.4, 0.5) is 5.82 Å². The van der Waals surface area contributed by atoms with Crippen LogP contribution < -0.4 is 11.1 Å². The number of aromatic nitrogens is 1. The first-order chi connectivity index (χ1) is 10.6. The summed E-state index contributed by atoms with van der Waals surface area (Å²) in [6, 6.07) is 16.9. The van der Waals surface area contributed by atoms with Crippen LogP contribution in [0.5, 0.6) is 0 Å².